The van der Waals surface area contributed by atoms with E-state index < -0.39 is 15.2 Å². The molecule has 1 aromatic carbocycles. The number of benzene rings is 1. The van der Waals surface area contributed by atoms with Gasteiger partial charge in [0, 0.05) is 17.5 Å². The minimum Gasteiger partial charge on any atom is -0.423 e. The highest BCUT2D eigenvalue weighted by atomic mass is 32.2. The Hall–Kier alpha value is -2.65. The molecule has 3 aromatic rings. The zero-order chi connectivity index (χ0) is 19.2. The Bertz CT molecular complexity index is 1120. The Morgan fingerprint density at radius 2 is 2.11 bits per heavy atom. The lowest BCUT2D eigenvalue weighted by Crippen LogP contribution is -2.50. The summed E-state index contributed by atoms with van der Waals surface area (Å²) >= 11 is 1.57. The van der Waals surface area contributed by atoms with Gasteiger partial charge < -0.3 is 10.2 Å². The molecule has 0 fully saturated rings. The molecule has 2 aromatic heterocycles. The predicted octanol–water partition coefficient (Wildman–Crippen LogP) is 2.57. The molecule has 0 aliphatic carbocycles. The van der Waals surface area contributed by atoms with Crippen LogP contribution in [0.4, 0.5) is 0 Å². The summed E-state index contributed by atoms with van der Waals surface area (Å²) in [6.07, 6.45) is 1.31. The third kappa shape index (κ3) is 3.13. The van der Waals surface area contributed by atoms with E-state index in [9.17, 15) is 4.21 Å². The summed E-state index contributed by atoms with van der Waals surface area (Å²) in [5.74, 6) is 4.90. The van der Waals surface area contributed by atoms with E-state index in [0.717, 1.165) is 21.6 Å². The Labute approximate surface area is 161 Å². The van der Waals surface area contributed by atoms with Gasteiger partial charge in [0.25, 0.3) is 0 Å². The Kier molecular flexibility index (Phi) is 4.08. The van der Waals surface area contributed by atoms with Crippen LogP contribution >= 0.6 is 11.3 Å². The normalized spacial score (nSPS) is 25.4. The minimum absolute atomic E-state index is 0.247. The minimum atomic E-state index is -2.50. The molecule has 2 atom stereocenters. The first kappa shape index (κ1) is 17.7. The van der Waals surface area contributed by atoms with Crippen LogP contribution in [0.1, 0.15) is 11.8 Å². The van der Waals surface area contributed by atoms with Crippen LogP contribution in [0.25, 0.3) is 22.6 Å². The van der Waals surface area contributed by atoms with Gasteiger partial charge in [0.15, 0.2) is 0 Å². The van der Waals surface area contributed by atoms with Crippen molar-refractivity contribution in [3.63, 3.8) is 0 Å². The van der Waals surface area contributed by atoms with Crippen LogP contribution in [-0.4, -0.2) is 43.3 Å². The standard InChI is InChI=1S/C18H19N5O2S2/c1-18(10-27(3,24)23(2)17(19)21-18)15-8-14(9-26-15)12-5-4-6-13(7-12)16-22-20-11-25-16/h4-9,11H,3,10H2,1-2H3,(H2,19,21)/t18-,27?/m0/s1. The number of thiophene rings is 1. The van der Waals surface area contributed by atoms with Gasteiger partial charge in [-0.25, -0.2) is 9.20 Å². The Morgan fingerprint density at radius 3 is 2.81 bits per heavy atom. The van der Waals surface area contributed by atoms with Crippen molar-refractivity contribution in [2.75, 3.05) is 12.8 Å². The SMILES string of the molecule is C=S1(=O)C[C@@](C)(c2cc(-c3cccc(-c4nnco4)c3)cs2)N=C(N)N1C. The Balaban J connectivity index is 1.72. The number of nitrogens with two attached hydrogens (primary N) is 1. The number of aromatic nitrogens is 2. The zero-order valence-electron chi connectivity index (χ0n) is 15.0. The maximum Gasteiger partial charge on any atom is 0.247 e. The van der Waals surface area contributed by atoms with Gasteiger partial charge in [-0.1, -0.05) is 12.1 Å². The molecule has 0 saturated heterocycles. The van der Waals surface area contributed by atoms with Crippen LogP contribution in [0.2, 0.25) is 0 Å². The van der Waals surface area contributed by atoms with Gasteiger partial charge in [-0.3, -0.25) is 4.31 Å². The fourth-order valence-electron chi connectivity index (χ4n) is 3.09. The number of rotatable bonds is 3. The summed E-state index contributed by atoms with van der Waals surface area (Å²) in [5, 5.41) is 9.73. The first-order valence-corrected chi connectivity index (χ1v) is 10.9. The maximum absolute atomic E-state index is 12.8. The summed E-state index contributed by atoms with van der Waals surface area (Å²) in [4.78, 5) is 5.60. The van der Waals surface area contributed by atoms with E-state index in [2.05, 4.69) is 32.5 Å². The van der Waals surface area contributed by atoms with Gasteiger partial charge in [-0.15, -0.1) is 21.5 Å². The highest BCUT2D eigenvalue weighted by Gasteiger charge is 2.38. The number of aliphatic imine (C=N–C) groups is 1. The van der Waals surface area contributed by atoms with E-state index in [-0.39, 0.29) is 5.96 Å². The van der Waals surface area contributed by atoms with Crippen molar-refractivity contribution in [1.82, 2.24) is 14.5 Å². The van der Waals surface area contributed by atoms with E-state index >= 15 is 0 Å². The van der Waals surface area contributed by atoms with Crippen molar-refractivity contribution in [3.8, 4) is 22.6 Å². The van der Waals surface area contributed by atoms with Gasteiger partial charge in [0.1, 0.15) is 5.54 Å². The monoisotopic (exact) mass is 401 g/mol. The molecule has 0 radical (unpaired) electrons. The average molecular weight is 402 g/mol. The molecule has 0 bridgehead atoms. The smallest absolute Gasteiger partial charge is 0.247 e. The van der Waals surface area contributed by atoms with Crippen molar-refractivity contribution >= 4 is 32.9 Å². The quantitative estimate of drug-likeness (QED) is 0.680. The van der Waals surface area contributed by atoms with Gasteiger partial charge in [0.05, 0.1) is 15.5 Å². The molecule has 1 aliphatic rings. The van der Waals surface area contributed by atoms with Gasteiger partial charge in [0.2, 0.25) is 18.2 Å². The molecule has 2 N–H and O–H groups in total. The van der Waals surface area contributed by atoms with Crippen LogP contribution in [0.15, 0.2) is 51.5 Å². The molecule has 1 aliphatic heterocycles. The van der Waals surface area contributed by atoms with Crippen molar-refractivity contribution < 1.29 is 8.63 Å². The lowest BCUT2D eigenvalue weighted by molar-refractivity contribution is 0.522. The van der Waals surface area contributed by atoms with E-state index in [1.165, 1.54) is 10.7 Å². The van der Waals surface area contributed by atoms with Gasteiger partial charge >= 0.3 is 0 Å². The fraction of sp³-hybridized carbons (Fsp3) is 0.222. The molecule has 4 rings (SSSR count). The molecule has 140 valence electrons. The second-order valence-electron chi connectivity index (χ2n) is 6.68. The molecule has 3 heterocycles. The average Bonchev–Trinajstić information content (AvgIpc) is 3.31. The summed E-state index contributed by atoms with van der Waals surface area (Å²) in [5.41, 5.74) is 8.25. The van der Waals surface area contributed by atoms with Crippen molar-refractivity contribution in [1.29, 1.82) is 0 Å². The van der Waals surface area contributed by atoms with Gasteiger partial charge in [-0.2, -0.15) is 0 Å². The number of nitrogens with zero attached hydrogens (tertiary/aromatic N) is 4. The first-order valence-electron chi connectivity index (χ1n) is 8.19. The molecule has 1 unspecified atom stereocenters. The molecule has 0 saturated carbocycles. The van der Waals surface area contributed by atoms with Crippen molar-refractivity contribution in [2.45, 2.75) is 12.5 Å². The van der Waals surface area contributed by atoms with Crippen molar-refractivity contribution in [2.24, 2.45) is 10.7 Å². The first-order chi connectivity index (χ1) is 12.8. The highest BCUT2D eigenvalue weighted by molar-refractivity contribution is 7.98. The van der Waals surface area contributed by atoms with E-state index in [4.69, 9.17) is 10.2 Å². The van der Waals surface area contributed by atoms with Crippen molar-refractivity contribution in [3.05, 3.63) is 47.0 Å². The van der Waals surface area contributed by atoms with E-state index in [0.29, 0.717) is 11.6 Å². The van der Waals surface area contributed by atoms with Gasteiger partial charge in [-0.05, 0) is 47.5 Å². The van der Waals surface area contributed by atoms with Crippen LogP contribution in [-0.2, 0) is 15.2 Å². The van der Waals surface area contributed by atoms with E-state index in [1.54, 1.807) is 18.4 Å². The fourth-order valence-corrected chi connectivity index (χ4v) is 5.88. The topological polar surface area (TPSA) is 97.6 Å². The molecule has 9 heteroatoms. The van der Waals surface area contributed by atoms with Crippen LogP contribution in [0.5, 0.6) is 0 Å². The van der Waals surface area contributed by atoms with Crippen LogP contribution < -0.4 is 5.73 Å². The number of guanidine groups is 1. The summed E-state index contributed by atoms with van der Waals surface area (Å²) in [6.45, 7) is 1.95. The van der Waals surface area contributed by atoms with E-state index in [1.807, 2.05) is 31.2 Å². The lowest BCUT2D eigenvalue weighted by atomic mass is 10.0. The number of hydrogen-bond donors (Lipinski definition) is 1. The lowest BCUT2D eigenvalue weighted by Gasteiger charge is -2.36. The molecule has 0 spiro atoms. The summed E-state index contributed by atoms with van der Waals surface area (Å²) < 4.78 is 19.6. The zero-order valence-corrected chi connectivity index (χ0v) is 16.6. The summed E-state index contributed by atoms with van der Waals surface area (Å²) in [7, 11) is -0.838. The summed E-state index contributed by atoms with van der Waals surface area (Å²) in [6, 6.07) is 9.95. The Morgan fingerprint density at radius 1 is 1.33 bits per heavy atom. The molecular weight excluding hydrogens is 382 g/mol. The second kappa shape index (κ2) is 6.21. The molecule has 27 heavy (non-hydrogen) atoms. The predicted molar refractivity (Wildman–Crippen MR) is 110 cm³/mol. The second-order valence-corrected chi connectivity index (χ2v) is 9.98. The maximum atomic E-state index is 12.8. The third-order valence-corrected chi connectivity index (χ3v) is 8.00. The third-order valence-electron chi connectivity index (χ3n) is 4.62. The molecule has 0 amide bonds. The number of hydrogen-bond acceptors (Lipinski definition) is 7. The molecule has 7 nitrogen and oxygen atoms in total. The molecular formula is C18H19N5O2S2. The van der Waals surface area contributed by atoms with Crippen LogP contribution in [0, 0.1) is 0 Å². The largest absolute Gasteiger partial charge is 0.423 e. The highest BCUT2D eigenvalue weighted by Crippen LogP contribution is 2.38. The van der Waals surface area contributed by atoms with Crippen LogP contribution in [0.3, 0.4) is 0 Å².